The maximum Gasteiger partial charge on any atom is 0.313 e. The van der Waals surface area contributed by atoms with Crippen LogP contribution < -0.4 is 0 Å². The Labute approximate surface area is 125 Å². The Balaban J connectivity index is 2.03. The third-order valence-electron chi connectivity index (χ3n) is 3.02. The number of carboxylic acids is 1. The van der Waals surface area contributed by atoms with E-state index in [2.05, 4.69) is 10.2 Å². The lowest BCUT2D eigenvalue weighted by atomic mass is 10.3. The molecule has 5 nitrogen and oxygen atoms in total. The fraction of sp³-hybridized carbons (Fsp3) is 0.308. The quantitative estimate of drug-likeness (QED) is 0.860. The second kappa shape index (κ2) is 5.46. The molecule has 7 heteroatoms. The van der Waals surface area contributed by atoms with E-state index in [1.54, 1.807) is 6.07 Å². The molecular weight excluding hydrogens is 298 g/mol. The zero-order chi connectivity index (χ0) is 14.1. The summed E-state index contributed by atoms with van der Waals surface area (Å²) in [6.07, 6.45) is 2.18. The van der Waals surface area contributed by atoms with Gasteiger partial charge in [-0.2, -0.15) is 0 Å². The molecule has 104 valence electrons. The number of aliphatic carboxylic acids is 1. The van der Waals surface area contributed by atoms with E-state index in [1.165, 1.54) is 0 Å². The Morgan fingerprint density at radius 3 is 2.80 bits per heavy atom. The number of thioether (sulfide) groups is 1. The average Bonchev–Trinajstić information content (AvgIpc) is 3.18. The Bertz CT molecular complexity index is 655. The molecule has 0 aliphatic heterocycles. The fourth-order valence-electron chi connectivity index (χ4n) is 1.97. The first-order chi connectivity index (χ1) is 9.66. The molecule has 1 aromatic carbocycles. The topological polar surface area (TPSA) is 68.0 Å². The summed E-state index contributed by atoms with van der Waals surface area (Å²) in [5.74, 6) is 0.341. The average molecular weight is 310 g/mol. The number of halogens is 1. The first-order valence-electron chi connectivity index (χ1n) is 6.21. The molecular formula is C13H12ClN3O2S. The minimum absolute atomic E-state index is 0.0484. The summed E-state index contributed by atoms with van der Waals surface area (Å²) in [6, 6.07) is 7.45. The summed E-state index contributed by atoms with van der Waals surface area (Å²) in [6.45, 7) is 0. The van der Waals surface area contributed by atoms with Gasteiger partial charge in [0.15, 0.2) is 5.16 Å². The summed E-state index contributed by atoms with van der Waals surface area (Å²) in [4.78, 5) is 10.7. The lowest BCUT2D eigenvalue weighted by Crippen LogP contribution is -2.04. The Morgan fingerprint density at radius 1 is 1.40 bits per heavy atom. The number of nitrogens with zero attached hydrogens (tertiary/aromatic N) is 3. The number of carboxylic acid groups (broad SMARTS) is 1. The first-order valence-corrected chi connectivity index (χ1v) is 7.58. The highest BCUT2D eigenvalue weighted by molar-refractivity contribution is 7.99. The van der Waals surface area contributed by atoms with Crippen molar-refractivity contribution in [2.75, 3.05) is 5.75 Å². The second-order valence-electron chi connectivity index (χ2n) is 4.58. The molecule has 1 fully saturated rings. The summed E-state index contributed by atoms with van der Waals surface area (Å²) < 4.78 is 1.88. The molecule has 2 aromatic rings. The van der Waals surface area contributed by atoms with E-state index in [0.29, 0.717) is 16.1 Å². The van der Waals surface area contributed by atoms with Crippen LogP contribution in [0.15, 0.2) is 29.4 Å². The minimum Gasteiger partial charge on any atom is -0.481 e. The zero-order valence-electron chi connectivity index (χ0n) is 10.5. The number of hydrogen-bond acceptors (Lipinski definition) is 4. The van der Waals surface area contributed by atoms with E-state index in [4.69, 9.17) is 16.7 Å². The smallest absolute Gasteiger partial charge is 0.313 e. The van der Waals surface area contributed by atoms with Gasteiger partial charge in [-0.1, -0.05) is 35.5 Å². The van der Waals surface area contributed by atoms with E-state index in [1.807, 2.05) is 22.8 Å². The van der Waals surface area contributed by atoms with Crippen molar-refractivity contribution in [3.8, 4) is 5.69 Å². The molecule has 1 saturated carbocycles. The van der Waals surface area contributed by atoms with Gasteiger partial charge in [-0.15, -0.1) is 10.2 Å². The largest absolute Gasteiger partial charge is 0.481 e. The SMILES string of the molecule is O=C(O)CSc1nnc(C2CC2)n1-c1ccccc1Cl. The Hall–Kier alpha value is -1.53. The second-order valence-corrected chi connectivity index (χ2v) is 5.93. The third kappa shape index (κ3) is 2.66. The molecule has 1 aliphatic carbocycles. The van der Waals surface area contributed by atoms with Crippen molar-refractivity contribution in [3.05, 3.63) is 35.1 Å². The molecule has 1 N–H and O–H groups in total. The van der Waals surface area contributed by atoms with Gasteiger partial charge < -0.3 is 5.11 Å². The van der Waals surface area contributed by atoms with Crippen LogP contribution in [0.5, 0.6) is 0 Å². The van der Waals surface area contributed by atoms with E-state index >= 15 is 0 Å². The van der Waals surface area contributed by atoms with E-state index < -0.39 is 5.97 Å². The molecule has 0 unspecified atom stereocenters. The lowest BCUT2D eigenvalue weighted by molar-refractivity contribution is -0.133. The number of rotatable bonds is 5. The number of benzene rings is 1. The highest BCUT2D eigenvalue weighted by Crippen LogP contribution is 2.41. The van der Waals surface area contributed by atoms with Crippen molar-refractivity contribution in [2.24, 2.45) is 0 Å². The van der Waals surface area contributed by atoms with Crippen molar-refractivity contribution in [1.29, 1.82) is 0 Å². The molecule has 1 aromatic heterocycles. The highest BCUT2D eigenvalue weighted by atomic mass is 35.5. The maximum atomic E-state index is 10.7. The van der Waals surface area contributed by atoms with Crippen LogP contribution in [0.2, 0.25) is 5.02 Å². The van der Waals surface area contributed by atoms with Crippen LogP contribution >= 0.6 is 23.4 Å². The van der Waals surface area contributed by atoms with Crippen LogP contribution in [0.4, 0.5) is 0 Å². The normalized spacial score (nSPS) is 14.4. The van der Waals surface area contributed by atoms with Gasteiger partial charge in [-0.05, 0) is 25.0 Å². The van der Waals surface area contributed by atoms with Crippen LogP contribution in [0.3, 0.4) is 0 Å². The van der Waals surface area contributed by atoms with Crippen molar-refractivity contribution in [2.45, 2.75) is 23.9 Å². The number of para-hydroxylation sites is 1. The maximum absolute atomic E-state index is 10.7. The summed E-state index contributed by atoms with van der Waals surface area (Å²) in [7, 11) is 0. The van der Waals surface area contributed by atoms with Gasteiger partial charge in [0.05, 0.1) is 16.5 Å². The molecule has 3 rings (SSSR count). The predicted molar refractivity (Wildman–Crippen MR) is 76.7 cm³/mol. The van der Waals surface area contributed by atoms with Gasteiger partial charge in [-0.3, -0.25) is 9.36 Å². The molecule has 20 heavy (non-hydrogen) atoms. The first kappa shape index (κ1) is 13.5. The van der Waals surface area contributed by atoms with Gasteiger partial charge in [0.25, 0.3) is 0 Å². The van der Waals surface area contributed by atoms with Gasteiger partial charge in [0, 0.05) is 5.92 Å². The molecule has 0 saturated heterocycles. The highest BCUT2D eigenvalue weighted by Gasteiger charge is 2.31. The lowest BCUT2D eigenvalue weighted by Gasteiger charge is -2.10. The Morgan fingerprint density at radius 2 is 2.15 bits per heavy atom. The van der Waals surface area contributed by atoms with Crippen molar-refractivity contribution in [1.82, 2.24) is 14.8 Å². The zero-order valence-corrected chi connectivity index (χ0v) is 12.1. The number of hydrogen-bond donors (Lipinski definition) is 1. The van der Waals surface area contributed by atoms with E-state index in [0.717, 1.165) is 36.1 Å². The van der Waals surface area contributed by atoms with Gasteiger partial charge in [0.2, 0.25) is 0 Å². The third-order valence-corrected chi connectivity index (χ3v) is 4.25. The molecule has 0 amide bonds. The van der Waals surface area contributed by atoms with E-state index in [9.17, 15) is 4.79 Å². The van der Waals surface area contributed by atoms with Crippen molar-refractivity contribution in [3.63, 3.8) is 0 Å². The van der Waals surface area contributed by atoms with Gasteiger partial charge in [-0.25, -0.2) is 0 Å². The van der Waals surface area contributed by atoms with Crippen LogP contribution in [-0.4, -0.2) is 31.6 Å². The number of aromatic nitrogens is 3. The predicted octanol–water partition coefficient (Wildman–Crippen LogP) is 2.97. The summed E-state index contributed by atoms with van der Waals surface area (Å²) in [5.41, 5.74) is 0.800. The van der Waals surface area contributed by atoms with Crippen LogP contribution in [0.1, 0.15) is 24.6 Å². The van der Waals surface area contributed by atoms with Gasteiger partial charge in [0.1, 0.15) is 5.82 Å². The monoisotopic (exact) mass is 309 g/mol. The molecule has 0 atom stereocenters. The van der Waals surface area contributed by atoms with Crippen LogP contribution in [0, 0.1) is 0 Å². The molecule has 1 heterocycles. The van der Waals surface area contributed by atoms with Crippen molar-refractivity contribution >= 4 is 29.3 Å². The fourth-order valence-corrected chi connectivity index (χ4v) is 2.86. The van der Waals surface area contributed by atoms with Crippen molar-refractivity contribution < 1.29 is 9.90 Å². The molecule has 0 spiro atoms. The summed E-state index contributed by atoms with van der Waals surface area (Å²) >= 11 is 7.40. The van der Waals surface area contributed by atoms with Crippen LogP contribution in [0.25, 0.3) is 5.69 Å². The van der Waals surface area contributed by atoms with Gasteiger partial charge >= 0.3 is 5.97 Å². The molecule has 1 aliphatic rings. The minimum atomic E-state index is -0.878. The standard InChI is InChI=1S/C13H12ClN3O2S/c14-9-3-1-2-4-10(9)17-12(8-5-6-8)15-16-13(17)20-7-11(18)19/h1-4,8H,5-7H2,(H,18,19). The van der Waals surface area contributed by atoms with Crippen LogP contribution in [-0.2, 0) is 4.79 Å². The summed E-state index contributed by atoms with van der Waals surface area (Å²) in [5, 5.41) is 18.3. The van der Waals surface area contributed by atoms with E-state index in [-0.39, 0.29) is 5.75 Å². The Kier molecular flexibility index (Phi) is 3.67. The molecule has 0 radical (unpaired) electrons. The molecule has 0 bridgehead atoms. The number of carbonyl (C=O) groups is 1.